The second-order valence-corrected chi connectivity index (χ2v) is 11.1. The average molecular weight is 482 g/mol. The van der Waals surface area contributed by atoms with Crippen LogP contribution in [0.3, 0.4) is 0 Å². The van der Waals surface area contributed by atoms with Gasteiger partial charge in [0.1, 0.15) is 5.82 Å². The Morgan fingerprint density at radius 3 is 2.06 bits per heavy atom. The van der Waals surface area contributed by atoms with Crippen molar-refractivity contribution in [3.8, 4) is 11.1 Å². The molecular formula is C29H36FNO2S. The maximum Gasteiger partial charge on any atom is 0.123 e. The van der Waals surface area contributed by atoms with E-state index in [2.05, 4.69) is 34.6 Å². The van der Waals surface area contributed by atoms with Crippen molar-refractivity contribution in [3.05, 3.63) is 82.4 Å². The Morgan fingerprint density at radius 1 is 0.941 bits per heavy atom. The summed E-state index contributed by atoms with van der Waals surface area (Å²) >= 11 is 0. The van der Waals surface area contributed by atoms with Crippen LogP contribution in [0.1, 0.15) is 87.1 Å². The standard InChI is InChI=1S/C29H36FNO2S/c1-7-8-24-26(21-11-13-22(30)14-12-21)27(29(19(4)5)31-28(24)18(2)3)25(32)17-34(33)23-15-9-20(6)10-16-23/h9-16,18-19,25,32H,7-8,17H2,1-6H3/t25-,34?/m1/s1. The largest absolute Gasteiger partial charge is 0.387 e. The molecule has 1 aromatic heterocycles. The summed E-state index contributed by atoms with van der Waals surface area (Å²) in [6.07, 6.45) is 0.747. The predicted octanol–water partition coefficient (Wildman–Crippen LogP) is 7.24. The number of aromatic nitrogens is 1. The molecule has 0 amide bonds. The number of halogens is 1. The smallest absolute Gasteiger partial charge is 0.123 e. The summed E-state index contributed by atoms with van der Waals surface area (Å²) in [6, 6.07) is 14.0. The number of aryl methyl sites for hydroxylation is 1. The first-order chi connectivity index (χ1) is 16.1. The highest BCUT2D eigenvalue weighted by atomic mass is 32.2. The van der Waals surface area contributed by atoms with Crippen molar-refractivity contribution in [2.45, 2.75) is 77.2 Å². The molecular weight excluding hydrogens is 445 g/mol. The topological polar surface area (TPSA) is 50.2 Å². The van der Waals surface area contributed by atoms with Gasteiger partial charge in [-0.25, -0.2) is 4.39 Å². The molecule has 34 heavy (non-hydrogen) atoms. The van der Waals surface area contributed by atoms with Crippen LogP contribution in [0.4, 0.5) is 4.39 Å². The van der Waals surface area contributed by atoms with Crippen LogP contribution in [0.5, 0.6) is 0 Å². The van der Waals surface area contributed by atoms with E-state index in [1.165, 1.54) is 12.1 Å². The van der Waals surface area contributed by atoms with Gasteiger partial charge in [0.05, 0.1) is 22.7 Å². The number of aliphatic hydroxyl groups is 1. The summed E-state index contributed by atoms with van der Waals surface area (Å²) < 4.78 is 27.0. The maximum atomic E-state index is 13.8. The number of pyridine rings is 1. The molecule has 3 aromatic rings. The van der Waals surface area contributed by atoms with Gasteiger partial charge in [-0.05, 0) is 66.1 Å². The fourth-order valence-corrected chi connectivity index (χ4v) is 5.48. The Bertz CT molecular complexity index is 1140. The van der Waals surface area contributed by atoms with Gasteiger partial charge in [-0.2, -0.15) is 0 Å². The lowest BCUT2D eigenvalue weighted by atomic mass is 9.84. The van der Waals surface area contributed by atoms with Crippen LogP contribution in [0.15, 0.2) is 53.4 Å². The lowest BCUT2D eigenvalue weighted by Gasteiger charge is -2.27. The molecule has 182 valence electrons. The average Bonchev–Trinajstić information content (AvgIpc) is 2.79. The third-order valence-electron chi connectivity index (χ3n) is 6.05. The molecule has 0 spiro atoms. The van der Waals surface area contributed by atoms with Crippen LogP contribution < -0.4 is 0 Å². The van der Waals surface area contributed by atoms with Gasteiger partial charge in [-0.15, -0.1) is 0 Å². The molecule has 0 aliphatic rings. The Kier molecular flexibility index (Phi) is 8.78. The molecule has 0 bridgehead atoms. The Morgan fingerprint density at radius 2 is 1.53 bits per heavy atom. The van der Waals surface area contributed by atoms with E-state index < -0.39 is 16.9 Å². The molecule has 1 unspecified atom stereocenters. The molecule has 0 saturated carbocycles. The van der Waals surface area contributed by atoms with E-state index >= 15 is 0 Å². The zero-order valence-corrected chi connectivity index (χ0v) is 21.9. The molecule has 0 fully saturated rings. The van der Waals surface area contributed by atoms with Gasteiger partial charge in [0.25, 0.3) is 0 Å². The van der Waals surface area contributed by atoms with E-state index in [0.717, 1.165) is 52.0 Å². The lowest BCUT2D eigenvalue weighted by Crippen LogP contribution is -2.18. The van der Waals surface area contributed by atoms with Crippen LogP contribution in [0, 0.1) is 12.7 Å². The number of rotatable bonds is 9. The van der Waals surface area contributed by atoms with E-state index in [1.54, 1.807) is 12.1 Å². The minimum Gasteiger partial charge on any atom is -0.387 e. The van der Waals surface area contributed by atoms with Gasteiger partial charge in [-0.1, -0.05) is 70.9 Å². The number of benzene rings is 2. The molecule has 0 aliphatic heterocycles. The van der Waals surface area contributed by atoms with Crippen LogP contribution in [0.25, 0.3) is 11.1 Å². The fraction of sp³-hybridized carbons (Fsp3) is 0.414. The lowest BCUT2D eigenvalue weighted by molar-refractivity contribution is 0.201. The van der Waals surface area contributed by atoms with Crippen molar-refractivity contribution >= 4 is 10.8 Å². The van der Waals surface area contributed by atoms with Crippen LogP contribution in [-0.4, -0.2) is 20.1 Å². The fourth-order valence-electron chi connectivity index (χ4n) is 4.39. The molecule has 0 saturated heterocycles. The molecule has 2 atom stereocenters. The molecule has 3 nitrogen and oxygen atoms in total. The zero-order valence-electron chi connectivity index (χ0n) is 21.1. The van der Waals surface area contributed by atoms with E-state index in [1.807, 2.05) is 31.2 Å². The molecule has 2 aromatic carbocycles. The molecule has 1 heterocycles. The van der Waals surface area contributed by atoms with Crippen molar-refractivity contribution < 1.29 is 13.7 Å². The second kappa shape index (κ2) is 11.4. The minimum atomic E-state index is -1.37. The highest BCUT2D eigenvalue weighted by Gasteiger charge is 2.28. The van der Waals surface area contributed by atoms with Gasteiger partial charge in [-0.3, -0.25) is 9.19 Å². The van der Waals surface area contributed by atoms with E-state index in [9.17, 15) is 13.7 Å². The van der Waals surface area contributed by atoms with E-state index in [0.29, 0.717) is 4.90 Å². The summed E-state index contributed by atoms with van der Waals surface area (Å²) in [7, 11) is -1.37. The van der Waals surface area contributed by atoms with Gasteiger partial charge < -0.3 is 5.11 Å². The number of hydrogen-bond acceptors (Lipinski definition) is 3. The molecule has 5 heteroatoms. The van der Waals surface area contributed by atoms with Crippen molar-refractivity contribution in [2.24, 2.45) is 0 Å². The Hall–Kier alpha value is -2.37. The molecule has 0 aliphatic carbocycles. The highest BCUT2D eigenvalue weighted by Crippen LogP contribution is 2.40. The maximum absolute atomic E-state index is 13.8. The van der Waals surface area contributed by atoms with Crippen LogP contribution >= 0.6 is 0 Å². The number of hydrogen-bond donors (Lipinski definition) is 1. The monoisotopic (exact) mass is 481 g/mol. The quantitative estimate of drug-likeness (QED) is 0.350. The Labute approximate surface area is 205 Å². The third-order valence-corrected chi connectivity index (χ3v) is 7.47. The summed E-state index contributed by atoms with van der Waals surface area (Å²) in [4.78, 5) is 5.77. The summed E-state index contributed by atoms with van der Waals surface area (Å²) in [5, 5.41) is 11.5. The summed E-state index contributed by atoms with van der Waals surface area (Å²) in [5.41, 5.74) is 6.50. The number of aliphatic hydroxyl groups excluding tert-OH is 1. The summed E-state index contributed by atoms with van der Waals surface area (Å²) in [5.74, 6) is 0.0344. The van der Waals surface area contributed by atoms with Gasteiger partial charge in [0.15, 0.2) is 0 Å². The summed E-state index contributed by atoms with van der Waals surface area (Å²) in [6.45, 7) is 12.5. The van der Waals surface area contributed by atoms with Gasteiger partial charge >= 0.3 is 0 Å². The third kappa shape index (κ3) is 5.81. The number of nitrogens with zero attached hydrogens (tertiary/aromatic N) is 1. The van der Waals surface area contributed by atoms with E-state index in [4.69, 9.17) is 4.98 Å². The van der Waals surface area contributed by atoms with Gasteiger partial charge in [0, 0.05) is 21.8 Å². The normalized spacial score (nSPS) is 13.5. The van der Waals surface area contributed by atoms with Crippen molar-refractivity contribution in [3.63, 3.8) is 0 Å². The van der Waals surface area contributed by atoms with Crippen molar-refractivity contribution in [1.29, 1.82) is 0 Å². The van der Waals surface area contributed by atoms with Crippen molar-refractivity contribution in [2.75, 3.05) is 5.75 Å². The Balaban J connectivity index is 2.23. The molecule has 1 N–H and O–H groups in total. The van der Waals surface area contributed by atoms with E-state index in [-0.39, 0.29) is 23.4 Å². The second-order valence-electron chi connectivity index (χ2n) is 9.56. The van der Waals surface area contributed by atoms with Gasteiger partial charge in [0.2, 0.25) is 0 Å². The first-order valence-corrected chi connectivity index (χ1v) is 13.4. The molecule has 0 radical (unpaired) electrons. The molecule has 3 rings (SSSR count). The first-order valence-electron chi connectivity index (χ1n) is 12.1. The highest BCUT2D eigenvalue weighted by molar-refractivity contribution is 7.85. The van der Waals surface area contributed by atoms with Crippen molar-refractivity contribution in [1.82, 2.24) is 4.98 Å². The zero-order chi connectivity index (χ0) is 25.0. The SMILES string of the molecule is CCCc1c(C(C)C)nc(C(C)C)c([C@H](O)CS(=O)c2ccc(C)cc2)c1-c1ccc(F)cc1. The minimum absolute atomic E-state index is 0.0600. The van der Waals surface area contributed by atoms with Crippen LogP contribution in [0.2, 0.25) is 0 Å². The first kappa shape index (κ1) is 26.2. The predicted molar refractivity (Wildman–Crippen MR) is 139 cm³/mol. The van der Waals surface area contributed by atoms with Crippen LogP contribution in [-0.2, 0) is 17.2 Å².